The lowest BCUT2D eigenvalue weighted by molar-refractivity contribution is -0.132. The smallest absolute Gasteiger partial charge is 0.382 e. The second kappa shape index (κ2) is 4.17. The Hall–Kier alpha value is -1.65. The number of oxazole rings is 1. The fourth-order valence-electron chi connectivity index (χ4n) is 5.03. The number of Topliss-reactive ketones (excluding diaryl/α,β-unsaturated/α-hetero) is 1. The fourth-order valence-corrected chi connectivity index (χ4v) is 5.03. The molecular weight excluding hydrogens is 258 g/mol. The Labute approximate surface area is 116 Å². The van der Waals surface area contributed by atoms with Crippen molar-refractivity contribution < 1.29 is 19.1 Å². The van der Waals surface area contributed by atoms with Crippen molar-refractivity contribution >= 4 is 11.8 Å². The molecule has 1 aromatic heterocycles. The van der Waals surface area contributed by atoms with Crippen LogP contribution in [0.25, 0.3) is 0 Å². The molecule has 1 N–H and O–H groups in total. The third-order valence-corrected chi connectivity index (χ3v) is 5.47. The van der Waals surface area contributed by atoms with Crippen LogP contribution in [0, 0.1) is 23.7 Å². The third-order valence-electron chi connectivity index (χ3n) is 5.47. The Morgan fingerprint density at radius 2 is 1.70 bits per heavy atom. The molecule has 0 atom stereocenters. The van der Waals surface area contributed by atoms with Crippen molar-refractivity contribution in [3.05, 3.63) is 17.8 Å². The predicted molar refractivity (Wildman–Crippen MR) is 68.3 cm³/mol. The van der Waals surface area contributed by atoms with E-state index in [9.17, 15) is 9.59 Å². The highest BCUT2D eigenvalue weighted by Gasteiger charge is 2.49. The lowest BCUT2D eigenvalue weighted by Crippen LogP contribution is -2.43. The Kier molecular flexibility index (Phi) is 2.53. The average molecular weight is 275 g/mol. The van der Waals surface area contributed by atoms with Crippen LogP contribution in [0.2, 0.25) is 0 Å². The number of carbonyl (C=O) groups is 2. The first kappa shape index (κ1) is 12.1. The molecule has 4 saturated carbocycles. The van der Waals surface area contributed by atoms with Gasteiger partial charge in [-0.1, -0.05) is 0 Å². The van der Waals surface area contributed by atoms with Crippen LogP contribution in [0.3, 0.4) is 0 Å². The number of carboxylic acids is 1. The number of aromatic nitrogens is 1. The van der Waals surface area contributed by atoms with Gasteiger partial charge < -0.3 is 9.52 Å². The predicted octanol–water partition coefficient (Wildman–Crippen LogP) is 2.48. The van der Waals surface area contributed by atoms with Gasteiger partial charge in [0.05, 0.1) is 6.20 Å². The van der Waals surface area contributed by atoms with E-state index in [0.29, 0.717) is 17.8 Å². The zero-order chi connectivity index (χ0) is 13.9. The Balaban J connectivity index is 1.62. The SMILES string of the molecule is O=C(O)C(=O)c1ncc(C2C3CC4CC(C3)CC2C4)o1. The van der Waals surface area contributed by atoms with Crippen molar-refractivity contribution in [1.82, 2.24) is 4.98 Å². The molecule has 4 aliphatic rings. The summed E-state index contributed by atoms with van der Waals surface area (Å²) in [4.78, 5) is 25.9. The number of hydrogen-bond acceptors (Lipinski definition) is 4. The van der Waals surface area contributed by atoms with Gasteiger partial charge in [0.25, 0.3) is 5.89 Å². The van der Waals surface area contributed by atoms with Crippen molar-refractivity contribution in [2.45, 2.75) is 38.0 Å². The first-order valence-electron chi connectivity index (χ1n) is 7.35. The molecule has 20 heavy (non-hydrogen) atoms. The van der Waals surface area contributed by atoms with E-state index in [1.807, 2.05) is 0 Å². The van der Waals surface area contributed by atoms with Crippen molar-refractivity contribution in [3.8, 4) is 0 Å². The highest BCUT2D eigenvalue weighted by Crippen LogP contribution is 2.59. The van der Waals surface area contributed by atoms with Gasteiger partial charge in [-0.3, -0.25) is 4.79 Å². The summed E-state index contributed by atoms with van der Waals surface area (Å²) in [6, 6.07) is 0. The molecule has 4 fully saturated rings. The molecule has 0 saturated heterocycles. The van der Waals surface area contributed by atoms with Gasteiger partial charge >= 0.3 is 11.8 Å². The molecule has 5 rings (SSSR count). The van der Waals surface area contributed by atoms with Crippen molar-refractivity contribution in [1.29, 1.82) is 0 Å². The molecule has 1 heterocycles. The minimum absolute atomic E-state index is 0.277. The fraction of sp³-hybridized carbons (Fsp3) is 0.667. The van der Waals surface area contributed by atoms with E-state index in [-0.39, 0.29) is 5.89 Å². The molecule has 0 radical (unpaired) electrons. The van der Waals surface area contributed by atoms with Gasteiger partial charge in [-0.05, 0) is 55.8 Å². The largest absolute Gasteiger partial charge is 0.475 e. The summed E-state index contributed by atoms with van der Waals surface area (Å²) in [6.07, 6.45) is 7.96. The van der Waals surface area contributed by atoms with E-state index in [1.54, 1.807) is 6.20 Å². The van der Waals surface area contributed by atoms with E-state index >= 15 is 0 Å². The number of carbonyl (C=O) groups excluding carboxylic acids is 1. The average Bonchev–Trinajstić information content (AvgIpc) is 2.85. The summed E-state index contributed by atoms with van der Waals surface area (Å²) in [5, 5.41) is 8.71. The summed E-state index contributed by atoms with van der Waals surface area (Å²) in [6.45, 7) is 0. The second-order valence-corrected chi connectivity index (χ2v) is 6.66. The highest BCUT2D eigenvalue weighted by atomic mass is 16.4. The first-order valence-corrected chi connectivity index (χ1v) is 7.35. The van der Waals surface area contributed by atoms with Crippen LogP contribution >= 0.6 is 0 Å². The molecule has 1 aromatic rings. The van der Waals surface area contributed by atoms with Crippen LogP contribution in [-0.4, -0.2) is 21.8 Å². The molecule has 5 nitrogen and oxygen atoms in total. The van der Waals surface area contributed by atoms with Crippen LogP contribution in [-0.2, 0) is 4.79 Å². The number of rotatable bonds is 3. The van der Waals surface area contributed by atoms with Crippen LogP contribution in [0.5, 0.6) is 0 Å². The van der Waals surface area contributed by atoms with Crippen molar-refractivity contribution in [2.75, 3.05) is 0 Å². The number of aliphatic carboxylic acids is 1. The third kappa shape index (κ3) is 1.72. The highest BCUT2D eigenvalue weighted by molar-refractivity contribution is 6.38. The summed E-state index contributed by atoms with van der Waals surface area (Å²) in [5.74, 6) is 1.23. The summed E-state index contributed by atoms with van der Waals surface area (Å²) in [5.41, 5.74) is 0. The summed E-state index contributed by atoms with van der Waals surface area (Å²) >= 11 is 0. The van der Waals surface area contributed by atoms with Gasteiger partial charge in [0.2, 0.25) is 0 Å². The molecule has 0 aromatic carbocycles. The van der Waals surface area contributed by atoms with Gasteiger partial charge in [-0.2, -0.15) is 0 Å². The molecule has 4 aliphatic carbocycles. The topological polar surface area (TPSA) is 80.4 Å². The summed E-state index contributed by atoms with van der Waals surface area (Å²) < 4.78 is 5.49. The maximum Gasteiger partial charge on any atom is 0.382 e. The molecular formula is C15H17NO4. The lowest BCUT2D eigenvalue weighted by atomic mass is 9.51. The summed E-state index contributed by atoms with van der Waals surface area (Å²) in [7, 11) is 0. The normalized spacial score (nSPS) is 38.1. The minimum Gasteiger partial charge on any atom is -0.475 e. The van der Waals surface area contributed by atoms with Crippen molar-refractivity contribution in [3.63, 3.8) is 0 Å². The molecule has 0 aliphatic heterocycles. The lowest BCUT2D eigenvalue weighted by Gasteiger charge is -2.53. The number of hydrogen-bond donors (Lipinski definition) is 1. The van der Waals surface area contributed by atoms with E-state index in [2.05, 4.69) is 4.98 Å². The molecule has 106 valence electrons. The van der Waals surface area contributed by atoms with Crippen LogP contribution < -0.4 is 0 Å². The molecule has 0 unspecified atom stereocenters. The maximum atomic E-state index is 11.4. The van der Waals surface area contributed by atoms with Gasteiger partial charge in [-0.15, -0.1) is 0 Å². The van der Waals surface area contributed by atoms with E-state index in [4.69, 9.17) is 9.52 Å². The first-order chi connectivity index (χ1) is 9.61. The van der Waals surface area contributed by atoms with E-state index < -0.39 is 11.8 Å². The Morgan fingerprint density at radius 1 is 1.10 bits per heavy atom. The van der Waals surface area contributed by atoms with Gasteiger partial charge in [0.1, 0.15) is 5.76 Å². The van der Waals surface area contributed by atoms with E-state index in [1.165, 1.54) is 32.1 Å². The van der Waals surface area contributed by atoms with Crippen molar-refractivity contribution in [2.24, 2.45) is 23.7 Å². The van der Waals surface area contributed by atoms with E-state index in [0.717, 1.165) is 17.6 Å². The second-order valence-electron chi connectivity index (χ2n) is 6.66. The number of carboxylic acid groups (broad SMARTS) is 1. The molecule has 0 spiro atoms. The maximum absolute atomic E-state index is 11.4. The Morgan fingerprint density at radius 3 is 2.25 bits per heavy atom. The van der Waals surface area contributed by atoms with Crippen LogP contribution in [0.1, 0.15) is 54.5 Å². The van der Waals surface area contributed by atoms with Gasteiger partial charge in [-0.25, -0.2) is 9.78 Å². The number of nitrogens with zero attached hydrogens (tertiary/aromatic N) is 1. The minimum atomic E-state index is -1.51. The molecule has 5 heteroatoms. The Bertz CT molecular complexity index is 548. The standard InChI is InChI=1S/C15H17NO4/c17-13(15(18)19)14-16-6-11(20-14)12-9-2-7-1-8(4-9)5-10(12)3-7/h6-10,12H,1-5H2,(H,18,19). The zero-order valence-corrected chi connectivity index (χ0v) is 11.1. The molecule has 0 amide bonds. The zero-order valence-electron chi connectivity index (χ0n) is 11.1. The molecule has 4 bridgehead atoms. The quantitative estimate of drug-likeness (QED) is 0.677. The monoisotopic (exact) mass is 275 g/mol. The van der Waals surface area contributed by atoms with Gasteiger partial charge in [0, 0.05) is 5.92 Å². The van der Waals surface area contributed by atoms with Gasteiger partial charge in [0.15, 0.2) is 0 Å². The van der Waals surface area contributed by atoms with Crippen LogP contribution in [0.4, 0.5) is 0 Å². The van der Waals surface area contributed by atoms with Crippen LogP contribution in [0.15, 0.2) is 10.6 Å². The number of ketones is 1.